The molecule has 2 N–H and O–H groups in total. The molecule has 1 fully saturated rings. The van der Waals surface area contributed by atoms with E-state index in [1.807, 2.05) is 11.9 Å². The van der Waals surface area contributed by atoms with Crippen molar-refractivity contribution in [1.82, 2.24) is 4.90 Å². The summed E-state index contributed by atoms with van der Waals surface area (Å²) in [5.41, 5.74) is 6.60. The van der Waals surface area contributed by atoms with E-state index in [1.165, 1.54) is 12.5 Å². The minimum Gasteiger partial charge on any atom is -0.399 e. The van der Waals surface area contributed by atoms with Gasteiger partial charge in [-0.25, -0.2) is 8.78 Å². The molecule has 1 atom stereocenters. The summed E-state index contributed by atoms with van der Waals surface area (Å²) in [4.78, 5) is 4.34. The van der Waals surface area contributed by atoms with Crippen LogP contribution < -0.4 is 10.6 Å². The molecular formula is C15H23F2N3. The maximum Gasteiger partial charge on any atom is 0.265 e. The van der Waals surface area contributed by atoms with Crippen LogP contribution in [0.5, 0.6) is 0 Å². The molecule has 0 radical (unpaired) electrons. The molecule has 1 aliphatic rings. The van der Waals surface area contributed by atoms with Crippen molar-refractivity contribution in [2.45, 2.75) is 32.2 Å². The number of likely N-dealkylation sites (tertiary alicyclic amines) is 1. The molecule has 0 aromatic heterocycles. The lowest BCUT2D eigenvalue weighted by atomic mass is 10.1. The zero-order chi connectivity index (χ0) is 14.7. The number of nitrogens with zero attached hydrogens (tertiary/aromatic N) is 2. The van der Waals surface area contributed by atoms with Gasteiger partial charge in [0.2, 0.25) is 0 Å². The Balaban J connectivity index is 2.14. The van der Waals surface area contributed by atoms with Crippen molar-refractivity contribution in [2.24, 2.45) is 0 Å². The Hall–Kier alpha value is -1.36. The Kier molecular flexibility index (Phi) is 4.81. The molecule has 1 unspecified atom stereocenters. The van der Waals surface area contributed by atoms with Crippen molar-refractivity contribution in [1.29, 1.82) is 0 Å². The van der Waals surface area contributed by atoms with E-state index in [-0.39, 0.29) is 5.56 Å². The Labute approximate surface area is 119 Å². The summed E-state index contributed by atoms with van der Waals surface area (Å²) in [6, 6.07) is 5.21. The van der Waals surface area contributed by atoms with Crippen molar-refractivity contribution in [3.8, 4) is 0 Å². The molecular weight excluding hydrogens is 260 g/mol. The second kappa shape index (κ2) is 6.39. The maximum atomic E-state index is 13.1. The van der Waals surface area contributed by atoms with Crippen molar-refractivity contribution in [3.63, 3.8) is 0 Å². The van der Waals surface area contributed by atoms with Gasteiger partial charge in [0.05, 0.1) is 0 Å². The molecule has 1 aromatic carbocycles. The van der Waals surface area contributed by atoms with Gasteiger partial charge in [0.25, 0.3) is 6.43 Å². The molecule has 0 amide bonds. The number of nitrogens with two attached hydrogens (primary N) is 1. The van der Waals surface area contributed by atoms with E-state index < -0.39 is 6.43 Å². The molecule has 5 heteroatoms. The molecule has 0 spiro atoms. The van der Waals surface area contributed by atoms with E-state index in [1.54, 1.807) is 12.1 Å². The Morgan fingerprint density at radius 3 is 2.85 bits per heavy atom. The van der Waals surface area contributed by atoms with Crippen LogP contribution in [-0.4, -0.2) is 37.6 Å². The standard InChI is InChI=1S/C15H23F2N3/c1-3-20-8-4-5-12(20)10-19(2)14-7-6-11(18)9-13(14)15(16)17/h6-7,9,12,15H,3-5,8,10,18H2,1-2H3. The lowest BCUT2D eigenvalue weighted by Crippen LogP contribution is -2.39. The van der Waals surface area contributed by atoms with E-state index in [4.69, 9.17) is 5.73 Å². The van der Waals surface area contributed by atoms with Crippen molar-refractivity contribution >= 4 is 11.4 Å². The van der Waals surface area contributed by atoms with Gasteiger partial charge in [0.15, 0.2) is 0 Å². The summed E-state index contributed by atoms with van der Waals surface area (Å²) in [6.45, 7) is 5.05. The van der Waals surface area contributed by atoms with Crippen molar-refractivity contribution in [3.05, 3.63) is 23.8 Å². The zero-order valence-electron chi connectivity index (χ0n) is 12.1. The third-order valence-electron chi connectivity index (χ3n) is 4.09. The number of halogens is 2. The predicted molar refractivity (Wildman–Crippen MR) is 79.4 cm³/mol. The van der Waals surface area contributed by atoms with Crippen LogP contribution in [-0.2, 0) is 0 Å². The molecule has 1 aromatic rings. The molecule has 1 heterocycles. The van der Waals surface area contributed by atoms with Crippen LogP contribution in [0.2, 0.25) is 0 Å². The van der Waals surface area contributed by atoms with Gasteiger partial charge in [-0.15, -0.1) is 0 Å². The second-order valence-electron chi connectivity index (χ2n) is 5.42. The summed E-state index contributed by atoms with van der Waals surface area (Å²) >= 11 is 0. The van der Waals surface area contributed by atoms with Crippen LogP contribution in [0.15, 0.2) is 18.2 Å². The first-order chi connectivity index (χ1) is 9.52. The van der Waals surface area contributed by atoms with E-state index >= 15 is 0 Å². The van der Waals surface area contributed by atoms with E-state index in [0.29, 0.717) is 17.4 Å². The van der Waals surface area contributed by atoms with Gasteiger partial charge in [-0.05, 0) is 44.1 Å². The molecule has 112 valence electrons. The van der Waals surface area contributed by atoms with Gasteiger partial charge in [0, 0.05) is 36.6 Å². The van der Waals surface area contributed by atoms with E-state index in [9.17, 15) is 8.78 Å². The monoisotopic (exact) mass is 283 g/mol. The second-order valence-corrected chi connectivity index (χ2v) is 5.42. The Bertz CT molecular complexity index is 451. The highest BCUT2D eigenvalue weighted by molar-refractivity contribution is 5.60. The molecule has 0 saturated carbocycles. The quantitative estimate of drug-likeness (QED) is 0.843. The molecule has 2 rings (SSSR count). The molecule has 1 aliphatic heterocycles. The van der Waals surface area contributed by atoms with Crippen LogP contribution in [0.4, 0.5) is 20.2 Å². The normalized spacial score (nSPS) is 19.8. The van der Waals surface area contributed by atoms with Crippen molar-refractivity contribution in [2.75, 3.05) is 37.3 Å². The highest BCUT2D eigenvalue weighted by Gasteiger charge is 2.25. The highest BCUT2D eigenvalue weighted by Crippen LogP contribution is 2.32. The number of alkyl halides is 2. The minimum atomic E-state index is -2.50. The summed E-state index contributed by atoms with van der Waals surface area (Å²) in [5, 5.41) is 0. The average molecular weight is 283 g/mol. The summed E-state index contributed by atoms with van der Waals surface area (Å²) < 4.78 is 26.3. The van der Waals surface area contributed by atoms with Crippen LogP contribution in [0.1, 0.15) is 31.8 Å². The van der Waals surface area contributed by atoms with Crippen LogP contribution in [0, 0.1) is 0 Å². The molecule has 1 saturated heterocycles. The maximum absolute atomic E-state index is 13.1. The minimum absolute atomic E-state index is 0.0218. The smallest absolute Gasteiger partial charge is 0.265 e. The lowest BCUT2D eigenvalue weighted by molar-refractivity contribution is 0.152. The molecule has 3 nitrogen and oxygen atoms in total. The van der Waals surface area contributed by atoms with E-state index in [0.717, 1.165) is 26.1 Å². The number of rotatable bonds is 5. The topological polar surface area (TPSA) is 32.5 Å². The number of likely N-dealkylation sites (N-methyl/N-ethyl adjacent to an activating group) is 2. The Morgan fingerprint density at radius 2 is 2.20 bits per heavy atom. The van der Waals surface area contributed by atoms with Crippen LogP contribution >= 0.6 is 0 Å². The fourth-order valence-electron chi connectivity index (χ4n) is 3.03. The summed E-state index contributed by atoms with van der Waals surface area (Å²) in [5.74, 6) is 0. The number of hydrogen-bond acceptors (Lipinski definition) is 3. The lowest BCUT2D eigenvalue weighted by Gasteiger charge is -2.30. The molecule has 0 aliphatic carbocycles. The predicted octanol–water partition coefficient (Wildman–Crippen LogP) is 3.13. The molecule has 20 heavy (non-hydrogen) atoms. The van der Waals surface area contributed by atoms with Gasteiger partial charge in [-0.3, -0.25) is 4.90 Å². The van der Waals surface area contributed by atoms with Gasteiger partial charge in [0.1, 0.15) is 0 Å². The number of hydrogen-bond donors (Lipinski definition) is 1. The van der Waals surface area contributed by atoms with Gasteiger partial charge >= 0.3 is 0 Å². The third-order valence-corrected chi connectivity index (χ3v) is 4.09. The fraction of sp³-hybridized carbons (Fsp3) is 0.600. The third kappa shape index (κ3) is 3.20. The van der Waals surface area contributed by atoms with Crippen LogP contribution in [0.25, 0.3) is 0 Å². The van der Waals surface area contributed by atoms with Gasteiger partial charge < -0.3 is 10.6 Å². The zero-order valence-corrected chi connectivity index (χ0v) is 12.1. The molecule has 0 bridgehead atoms. The van der Waals surface area contributed by atoms with Crippen LogP contribution in [0.3, 0.4) is 0 Å². The largest absolute Gasteiger partial charge is 0.399 e. The van der Waals surface area contributed by atoms with Gasteiger partial charge in [-0.1, -0.05) is 6.92 Å². The SMILES string of the molecule is CCN1CCCC1CN(C)c1ccc(N)cc1C(F)F. The van der Waals surface area contributed by atoms with Crippen molar-refractivity contribution < 1.29 is 8.78 Å². The highest BCUT2D eigenvalue weighted by atomic mass is 19.3. The van der Waals surface area contributed by atoms with Gasteiger partial charge in [-0.2, -0.15) is 0 Å². The Morgan fingerprint density at radius 1 is 1.45 bits per heavy atom. The first-order valence-electron chi connectivity index (χ1n) is 7.15. The summed E-state index contributed by atoms with van der Waals surface area (Å²) in [6.07, 6.45) is -0.172. The van der Waals surface area contributed by atoms with E-state index in [2.05, 4.69) is 11.8 Å². The number of benzene rings is 1. The number of anilines is 2. The first kappa shape index (κ1) is 15.0. The fourth-order valence-corrected chi connectivity index (χ4v) is 3.03. The first-order valence-corrected chi connectivity index (χ1v) is 7.15. The number of nitrogen functional groups attached to an aromatic ring is 1. The summed E-state index contributed by atoms with van der Waals surface area (Å²) in [7, 11) is 1.88. The average Bonchev–Trinajstić information content (AvgIpc) is 2.85.